The second kappa shape index (κ2) is 7.46. The lowest BCUT2D eigenvalue weighted by atomic mass is 10.1. The van der Waals surface area contributed by atoms with Crippen LogP contribution in [0.1, 0.15) is 42.0 Å². The molecule has 0 radical (unpaired) electrons. The van der Waals surface area contributed by atoms with E-state index in [4.69, 9.17) is 16.3 Å². The third-order valence-electron chi connectivity index (χ3n) is 3.37. The van der Waals surface area contributed by atoms with E-state index >= 15 is 0 Å². The fourth-order valence-corrected chi connectivity index (χ4v) is 2.15. The number of aryl methyl sites for hydroxylation is 3. The van der Waals surface area contributed by atoms with Gasteiger partial charge >= 0.3 is 0 Å². The second-order valence-electron chi connectivity index (χ2n) is 5.25. The van der Waals surface area contributed by atoms with Crippen LogP contribution in [-0.2, 0) is 6.54 Å². The molecule has 4 nitrogen and oxygen atoms in total. The topological polar surface area (TPSA) is 39.9 Å². The summed E-state index contributed by atoms with van der Waals surface area (Å²) < 4.78 is 7.65. The van der Waals surface area contributed by atoms with Gasteiger partial charge in [0.1, 0.15) is 11.4 Å². The number of ether oxygens (including phenoxy) is 1. The fourth-order valence-electron chi connectivity index (χ4n) is 2.05. The summed E-state index contributed by atoms with van der Waals surface area (Å²) in [5.74, 6) is 0.959. The van der Waals surface area contributed by atoms with Crippen LogP contribution in [0.25, 0.3) is 0 Å². The lowest BCUT2D eigenvalue weighted by Crippen LogP contribution is -2.05. The highest BCUT2D eigenvalue weighted by Crippen LogP contribution is 2.21. The highest BCUT2D eigenvalue weighted by molar-refractivity contribution is 6.20. The van der Waals surface area contributed by atoms with Crippen molar-refractivity contribution < 1.29 is 4.74 Å². The van der Waals surface area contributed by atoms with Crippen molar-refractivity contribution >= 4 is 11.6 Å². The van der Waals surface area contributed by atoms with E-state index in [0.29, 0.717) is 6.61 Å². The predicted molar refractivity (Wildman–Crippen MR) is 84.9 cm³/mol. The first-order valence-corrected chi connectivity index (χ1v) is 7.78. The molecule has 0 aliphatic rings. The van der Waals surface area contributed by atoms with Crippen molar-refractivity contribution in [1.82, 2.24) is 15.0 Å². The molecule has 0 N–H and O–H groups in total. The fraction of sp³-hybridized carbons (Fsp3) is 0.500. The molecule has 0 saturated carbocycles. The second-order valence-corrected chi connectivity index (χ2v) is 5.78. The Morgan fingerprint density at radius 1 is 1.33 bits per heavy atom. The molecule has 1 unspecified atom stereocenters. The van der Waals surface area contributed by atoms with E-state index in [0.717, 1.165) is 36.4 Å². The SMILES string of the molecule is CCC(Cl)c1cn(CCCOc2cc(C)ccc2C)nn1. The molecule has 1 atom stereocenters. The molecule has 0 aliphatic heterocycles. The molecule has 1 aromatic carbocycles. The van der Waals surface area contributed by atoms with E-state index in [1.807, 2.05) is 17.8 Å². The van der Waals surface area contributed by atoms with Gasteiger partial charge in [-0.2, -0.15) is 0 Å². The number of alkyl halides is 1. The summed E-state index contributed by atoms with van der Waals surface area (Å²) in [4.78, 5) is 0. The maximum absolute atomic E-state index is 6.14. The number of hydrogen-bond donors (Lipinski definition) is 0. The number of benzene rings is 1. The van der Waals surface area contributed by atoms with Crippen LogP contribution >= 0.6 is 11.6 Å². The molecule has 0 aliphatic carbocycles. The molecule has 21 heavy (non-hydrogen) atoms. The Morgan fingerprint density at radius 2 is 2.14 bits per heavy atom. The monoisotopic (exact) mass is 307 g/mol. The Labute approximate surface area is 131 Å². The maximum Gasteiger partial charge on any atom is 0.122 e. The summed E-state index contributed by atoms with van der Waals surface area (Å²) in [5.41, 5.74) is 3.22. The first kappa shape index (κ1) is 15.8. The molecule has 1 aromatic heterocycles. The lowest BCUT2D eigenvalue weighted by Gasteiger charge is -2.09. The van der Waals surface area contributed by atoms with Crippen molar-refractivity contribution in [2.24, 2.45) is 0 Å². The number of rotatable bonds is 7. The molecule has 0 fully saturated rings. The minimum absolute atomic E-state index is 0.0510. The Bertz CT molecular complexity index is 583. The highest BCUT2D eigenvalue weighted by Gasteiger charge is 2.09. The Kier molecular flexibility index (Phi) is 5.62. The minimum atomic E-state index is -0.0510. The molecule has 0 amide bonds. The zero-order valence-electron chi connectivity index (χ0n) is 12.8. The van der Waals surface area contributed by atoms with E-state index < -0.39 is 0 Å². The molecule has 0 bridgehead atoms. The molecular weight excluding hydrogens is 286 g/mol. The summed E-state index contributed by atoms with van der Waals surface area (Å²) in [6.45, 7) is 7.61. The Morgan fingerprint density at radius 3 is 2.90 bits per heavy atom. The third kappa shape index (κ3) is 4.46. The molecular formula is C16H22ClN3O. The third-order valence-corrected chi connectivity index (χ3v) is 3.90. The summed E-state index contributed by atoms with van der Waals surface area (Å²) in [7, 11) is 0. The molecule has 2 rings (SSSR count). The quantitative estimate of drug-likeness (QED) is 0.572. The first-order chi connectivity index (χ1) is 10.1. The molecule has 2 aromatic rings. The van der Waals surface area contributed by atoms with E-state index in [9.17, 15) is 0 Å². The van der Waals surface area contributed by atoms with Gasteiger partial charge in [-0.3, -0.25) is 4.68 Å². The van der Waals surface area contributed by atoms with Crippen LogP contribution in [0.4, 0.5) is 0 Å². The zero-order valence-corrected chi connectivity index (χ0v) is 13.6. The van der Waals surface area contributed by atoms with Gasteiger partial charge in [-0.1, -0.05) is 24.3 Å². The van der Waals surface area contributed by atoms with E-state index in [-0.39, 0.29) is 5.38 Å². The van der Waals surface area contributed by atoms with E-state index in [1.54, 1.807) is 0 Å². The minimum Gasteiger partial charge on any atom is -0.493 e. The predicted octanol–water partition coefficient (Wildman–Crippen LogP) is 4.05. The highest BCUT2D eigenvalue weighted by atomic mass is 35.5. The summed E-state index contributed by atoms with van der Waals surface area (Å²) in [5, 5.41) is 8.13. The van der Waals surface area contributed by atoms with Crippen molar-refractivity contribution in [3.63, 3.8) is 0 Å². The van der Waals surface area contributed by atoms with Gasteiger partial charge in [-0.05, 0) is 37.5 Å². The molecule has 114 valence electrons. The average molecular weight is 308 g/mol. The Balaban J connectivity index is 1.79. The lowest BCUT2D eigenvalue weighted by molar-refractivity contribution is 0.296. The van der Waals surface area contributed by atoms with Crippen LogP contribution in [0.2, 0.25) is 0 Å². The van der Waals surface area contributed by atoms with Crippen molar-refractivity contribution in [3.05, 3.63) is 41.2 Å². The standard InChI is InChI=1S/C16H22ClN3O/c1-4-14(17)15-11-20(19-18-15)8-5-9-21-16-10-12(2)6-7-13(16)3/h6-7,10-11,14H,4-5,8-9H2,1-3H3. The van der Waals surface area contributed by atoms with Gasteiger partial charge in [0.15, 0.2) is 0 Å². The van der Waals surface area contributed by atoms with Crippen LogP contribution in [-0.4, -0.2) is 21.6 Å². The van der Waals surface area contributed by atoms with Gasteiger partial charge in [0.2, 0.25) is 0 Å². The van der Waals surface area contributed by atoms with Crippen molar-refractivity contribution in [1.29, 1.82) is 0 Å². The van der Waals surface area contributed by atoms with Crippen LogP contribution in [0, 0.1) is 13.8 Å². The summed E-state index contributed by atoms with van der Waals surface area (Å²) in [6, 6.07) is 6.25. The molecule has 0 spiro atoms. The number of halogens is 1. The molecule has 5 heteroatoms. The van der Waals surface area contributed by atoms with Gasteiger partial charge in [0.25, 0.3) is 0 Å². The number of nitrogens with zero attached hydrogens (tertiary/aromatic N) is 3. The Hall–Kier alpha value is -1.55. The average Bonchev–Trinajstić information content (AvgIpc) is 2.95. The van der Waals surface area contributed by atoms with Gasteiger partial charge in [-0.25, -0.2) is 0 Å². The number of hydrogen-bond acceptors (Lipinski definition) is 3. The van der Waals surface area contributed by atoms with Gasteiger partial charge in [0.05, 0.1) is 12.0 Å². The van der Waals surface area contributed by atoms with Crippen molar-refractivity contribution in [3.8, 4) is 5.75 Å². The summed E-state index contributed by atoms with van der Waals surface area (Å²) >= 11 is 6.14. The van der Waals surface area contributed by atoms with Crippen molar-refractivity contribution in [2.45, 2.75) is 45.5 Å². The van der Waals surface area contributed by atoms with Gasteiger partial charge < -0.3 is 4.74 Å². The first-order valence-electron chi connectivity index (χ1n) is 7.34. The van der Waals surface area contributed by atoms with Crippen LogP contribution in [0.5, 0.6) is 5.75 Å². The smallest absolute Gasteiger partial charge is 0.122 e. The van der Waals surface area contributed by atoms with Gasteiger partial charge in [-0.15, -0.1) is 16.7 Å². The van der Waals surface area contributed by atoms with E-state index in [1.165, 1.54) is 5.56 Å². The number of aromatic nitrogens is 3. The normalized spacial score (nSPS) is 12.4. The van der Waals surface area contributed by atoms with Crippen LogP contribution in [0.3, 0.4) is 0 Å². The largest absolute Gasteiger partial charge is 0.493 e. The van der Waals surface area contributed by atoms with E-state index in [2.05, 4.69) is 42.4 Å². The van der Waals surface area contributed by atoms with Crippen LogP contribution < -0.4 is 4.74 Å². The maximum atomic E-state index is 6.14. The van der Waals surface area contributed by atoms with Gasteiger partial charge in [0, 0.05) is 19.2 Å². The van der Waals surface area contributed by atoms with Crippen LogP contribution in [0.15, 0.2) is 24.4 Å². The summed E-state index contributed by atoms with van der Waals surface area (Å²) in [6.07, 6.45) is 3.66. The zero-order chi connectivity index (χ0) is 15.2. The van der Waals surface area contributed by atoms with Crippen molar-refractivity contribution in [2.75, 3.05) is 6.61 Å². The molecule has 1 heterocycles. The molecule has 0 saturated heterocycles.